The second-order valence-corrected chi connectivity index (χ2v) is 4.17. The Bertz CT molecular complexity index is 575. The van der Waals surface area contributed by atoms with Gasteiger partial charge in [0.2, 0.25) is 5.88 Å². The molecule has 0 saturated carbocycles. The lowest BCUT2D eigenvalue weighted by atomic mass is 10.2. The number of aryl methyl sites for hydroxylation is 1. The van der Waals surface area contributed by atoms with E-state index in [-0.39, 0.29) is 18.2 Å². The molecule has 0 unspecified atom stereocenters. The third-order valence-corrected chi connectivity index (χ3v) is 2.68. The standard InChI is InChI=1S/C13H11ClFNO2/c1-8-9(7-17)2-5-13(16-8)18-12-4-3-10(14)6-11(12)15/h2-6,17H,7H2,1H3. The first-order chi connectivity index (χ1) is 8.60. The third-order valence-electron chi connectivity index (χ3n) is 2.45. The summed E-state index contributed by atoms with van der Waals surface area (Å²) in [5.41, 5.74) is 1.35. The van der Waals surface area contributed by atoms with Crippen LogP contribution in [-0.2, 0) is 6.61 Å². The summed E-state index contributed by atoms with van der Waals surface area (Å²) in [6.45, 7) is 1.66. The lowest BCUT2D eigenvalue weighted by Crippen LogP contribution is -1.96. The molecule has 1 heterocycles. The lowest BCUT2D eigenvalue weighted by Gasteiger charge is -2.08. The fraction of sp³-hybridized carbons (Fsp3) is 0.154. The summed E-state index contributed by atoms with van der Waals surface area (Å²) in [6.07, 6.45) is 0. The van der Waals surface area contributed by atoms with E-state index < -0.39 is 5.82 Å². The van der Waals surface area contributed by atoms with Gasteiger partial charge in [0.15, 0.2) is 11.6 Å². The first kappa shape index (κ1) is 12.8. The molecule has 94 valence electrons. The van der Waals surface area contributed by atoms with E-state index in [1.165, 1.54) is 18.2 Å². The maximum absolute atomic E-state index is 13.5. The van der Waals surface area contributed by atoms with E-state index in [4.69, 9.17) is 21.4 Å². The average Bonchev–Trinajstić information content (AvgIpc) is 2.33. The van der Waals surface area contributed by atoms with Crippen molar-refractivity contribution >= 4 is 11.6 Å². The molecule has 0 aliphatic carbocycles. The molecule has 2 rings (SSSR count). The largest absolute Gasteiger partial charge is 0.436 e. The maximum Gasteiger partial charge on any atom is 0.219 e. The minimum Gasteiger partial charge on any atom is -0.436 e. The number of pyridine rings is 1. The average molecular weight is 268 g/mol. The Morgan fingerprint density at radius 1 is 1.33 bits per heavy atom. The number of ether oxygens (including phenoxy) is 1. The Labute approximate surface area is 109 Å². The zero-order valence-corrected chi connectivity index (χ0v) is 10.4. The summed E-state index contributed by atoms with van der Waals surface area (Å²) in [5.74, 6) is -0.220. The summed E-state index contributed by atoms with van der Waals surface area (Å²) in [6, 6.07) is 7.41. The molecule has 18 heavy (non-hydrogen) atoms. The van der Waals surface area contributed by atoms with Crippen molar-refractivity contribution in [2.24, 2.45) is 0 Å². The second kappa shape index (κ2) is 5.33. The normalized spacial score (nSPS) is 10.4. The van der Waals surface area contributed by atoms with Crippen molar-refractivity contribution in [3.63, 3.8) is 0 Å². The highest BCUT2D eigenvalue weighted by Gasteiger charge is 2.07. The number of nitrogens with zero attached hydrogens (tertiary/aromatic N) is 1. The van der Waals surface area contributed by atoms with E-state index in [1.807, 2.05) is 0 Å². The Hall–Kier alpha value is -1.65. The van der Waals surface area contributed by atoms with Crippen LogP contribution in [0.4, 0.5) is 4.39 Å². The quantitative estimate of drug-likeness (QED) is 0.926. The number of hydrogen-bond acceptors (Lipinski definition) is 3. The van der Waals surface area contributed by atoms with Crippen molar-refractivity contribution in [3.05, 3.63) is 52.4 Å². The van der Waals surface area contributed by atoms with Crippen molar-refractivity contribution in [1.29, 1.82) is 0 Å². The van der Waals surface area contributed by atoms with E-state index in [2.05, 4.69) is 4.98 Å². The molecule has 0 bridgehead atoms. The van der Waals surface area contributed by atoms with Gasteiger partial charge in [-0.15, -0.1) is 0 Å². The Balaban J connectivity index is 2.26. The van der Waals surface area contributed by atoms with Gasteiger partial charge < -0.3 is 9.84 Å². The topological polar surface area (TPSA) is 42.4 Å². The molecule has 0 atom stereocenters. The Kier molecular flexibility index (Phi) is 3.79. The summed E-state index contributed by atoms with van der Waals surface area (Å²) in [4.78, 5) is 4.12. The number of halogens is 2. The van der Waals surface area contributed by atoms with Crippen LogP contribution in [0.1, 0.15) is 11.3 Å². The lowest BCUT2D eigenvalue weighted by molar-refractivity contribution is 0.280. The van der Waals surface area contributed by atoms with Gasteiger partial charge in [0, 0.05) is 16.8 Å². The Morgan fingerprint density at radius 3 is 2.72 bits per heavy atom. The van der Waals surface area contributed by atoms with E-state index in [9.17, 15) is 4.39 Å². The predicted molar refractivity (Wildman–Crippen MR) is 66.4 cm³/mol. The minimum absolute atomic E-state index is 0.0584. The molecule has 0 radical (unpaired) electrons. The molecule has 0 spiro atoms. The summed E-state index contributed by atoms with van der Waals surface area (Å²) < 4.78 is 18.8. The number of aromatic nitrogens is 1. The van der Waals surface area contributed by atoms with Crippen molar-refractivity contribution in [1.82, 2.24) is 4.98 Å². The van der Waals surface area contributed by atoms with Gasteiger partial charge in [-0.25, -0.2) is 9.37 Å². The van der Waals surface area contributed by atoms with Crippen molar-refractivity contribution in [2.45, 2.75) is 13.5 Å². The monoisotopic (exact) mass is 267 g/mol. The molecular formula is C13H11ClFNO2. The first-order valence-corrected chi connectivity index (χ1v) is 5.68. The van der Waals surface area contributed by atoms with E-state index in [1.54, 1.807) is 19.1 Å². The summed E-state index contributed by atoms with van der Waals surface area (Å²) >= 11 is 5.65. The smallest absolute Gasteiger partial charge is 0.219 e. The molecule has 2 aromatic rings. The number of aliphatic hydroxyl groups excluding tert-OH is 1. The number of aliphatic hydroxyl groups is 1. The molecule has 5 heteroatoms. The number of hydrogen-bond donors (Lipinski definition) is 1. The van der Waals surface area contributed by atoms with Crippen molar-refractivity contribution < 1.29 is 14.2 Å². The van der Waals surface area contributed by atoms with E-state index in [0.717, 1.165) is 0 Å². The van der Waals surface area contributed by atoms with Crippen LogP contribution in [0.2, 0.25) is 5.02 Å². The zero-order valence-electron chi connectivity index (χ0n) is 9.65. The van der Waals surface area contributed by atoms with Crippen LogP contribution in [0, 0.1) is 12.7 Å². The fourth-order valence-electron chi connectivity index (χ4n) is 1.46. The van der Waals surface area contributed by atoms with Gasteiger partial charge in [-0.1, -0.05) is 11.6 Å². The predicted octanol–water partition coefficient (Wildman–Crippen LogP) is 3.47. The van der Waals surface area contributed by atoms with Crippen LogP contribution >= 0.6 is 11.6 Å². The molecular weight excluding hydrogens is 257 g/mol. The van der Waals surface area contributed by atoms with Crippen LogP contribution in [0.25, 0.3) is 0 Å². The van der Waals surface area contributed by atoms with Gasteiger partial charge in [0.25, 0.3) is 0 Å². The highest BCUT2D eigenvalue weighted by Crippen LogP contribution is 2.26. The van der Waals surface area contributed by atoms with Gasteiger partial charge in [-0.05, 0) is 36.8 Å². The van der Waals surface area contributed by atoms with Crippen LogP contribution < -0.4 is 4.74 Å². The molecule has 3 nitrogen and oxygen atoms in total. The van der Waals surface area contributed by atoms with Crippen molar-refractivity contribution in [2.75, 3.05) is 0 Å². The van der Waals surface area contributed by atoms with Crippen LogP contribution in [0.5, 0.6) is 11.6 Å². The summed E-state index contributed by atoms with van der Waals surface area (Å²) in [5, 5.41) is 9.32. The highest BCUT2D eigenvalue weighted by molar-refractivity contribution is 6.30. The van der Waals surface area contributed by atoms with E-state index >= 15 is 0 Å². The molecule has 0 saturated heterocycles. The summed E-state index contributed by atoms with van der Waals surface area (Å²) in [7, 11) is 0. The molecule has 1 N–H and O–H groups in total. The van der Waals surface area contributed by atoms with Crippen molar-refractivity contribution in [3.8, 4) is 11.6 Å². The van der Waals surface area contributed by atoms with Crippen LogP contribution in [0.15, 0.2) is 30.3 Å². The molecule has 1 aromatic carbocycles. The third kappa shape index (κ3) is 2.78. The van der Waals surface area contributed by atoms with Crippen LogP contribution in [0.3, 0.4) is 0 Å². The molecule has 1 aromatic heterocycles. The SMILES string of the molecule is Cc1nc(Oc2ccc(Cl)cc2F)ccc1CO. The number of rotatable bonds is 3. The first-order valence-electron chi connectivity index (χ1n) is 5.30. The molecule has 0 fully saturated rings. The van der Waals surface area contributed by atoms with Gasteiger partial charge in [0.1, 0.15) is 0 Å². The number of benzene rings is 1. The highest BCUT2D eigenvalue weighted by atomic mass is 35.5. The Morgan fingerprint density at radius 2 is 2.11 bits per heavy atom. The molecule has 0 aliphatic heterocycles. The van der Waals surface area contributed by atoms with E-state index in [0.29, 0.717) is 16.3 Å². The molecule has 0 aliphatic rings. The zero-order chi connectivity index (χ0) is 13.1. The van der Waals surface area contributed by atoms with Gasteiger partial charge >= 0.3 is 0 Å². The second-order valence-electron chi connectivity index (χ2n) is 3.73. The van der Waals surface area contributed by atoms with Gasteiger partial charge in [-0.2, -0.15) is 0 Å². The fourth-order valence-corrected chi connectivity index (χ4v) is 1.62. The van der Waals surface area contributed by atoms with Gasteiger partial charge in [-0.3, -0.25) is 0 Å². The van der Waals surface area contributed by atoms with Gasteiger partial charge in [0.05, 0.1) is 6.61 Å². The molecule has 0 amide bonds. The van der Waals surface area contributed by atoms with Crippen LogP contribution in [-0.4, -0.2) is 10.1 Å². The maximum atomic E-state index is 13.5. The minimum atomic E-state index is -0.548.